The monoisotopic (exact) mass is 603 g/mol. The van der Waals surface area contributed by atoms with Gasteiger partial charge < -0.3 is 25.0 Å². The number of unbranched alkanes of at least 4 members (excludes halogenated alkanes) is 3. The second-order valence-corrected chi connectivity index (χ2v) is 10.6. The zero-order chi connectivity index (χ0) is 32.5. The van der Waals surface area contributed by atoms with Crippen LogP contribution in [-0.4, -0.2) is 83.0 Å². The molecule has 1 heterocycles. The molecule has 1 aromatic heterocycles. The van der Waals surface area contributed by atoms with Crippen molar-refractivity contribution in [2.45, 2.75) is 92.2 Å². The highest BCUT2D eigenvalue weighted by atomic mass is 16.5. The molecule has 2 unspecified atom stereocenters. The second-order valence-electron chi connectivity index (χ2n) is 10.6. The van der Waals surface area contributed by atoms with Gasteiger partial charge in [-0.2, -0.15) is 4.98 Å². The van der Waals surface area contributed by atoms with Crippen molar-refractivity contribution in [1.29, 1.82) is 0 Å². The largest absolute Gasteiger partial charge is 0.496 e. The fourth-order valence-corrected chi connectivity index (χ4v) is 4.34. The molecular formula is C31H49N5O7. The predicted molar refractivity (Wildman–Crippen MR) is 164 cm³/mol. The Bertz CT molecular complexity index is 1180. The molecule has 43 heavy (non-hydrogen) atoms. The van der Waals surface area contributed by atoms with Crippen LogP contribution in [0.1, 0.15) is 78.1 Å². The van der Waals surface area contributed by atoms with Crippen molar-refractivity contribution in [2.75, 3.05) is 27.2 Å². The summed E-state index contributed by atoms with van der Waals surface area (Å²) >= 11 is 0. The first kappa shape index (κ1) is 37.2. The van der Waals surface area contributed by atoms with Crippen LogP contribution >= 0.6 is 0 Å². The number of aliphatic carboxylic acids is 1. The average molecular weight is 604 g/mol. The Balaban J connectivity index is 0.00000452. The minimum Gasteiger partial charge on any atom is -0.496 e. The zero-order valence-corrected chi connectivity index (χ0v) is 26.9. The molecule has 2 aromatic rings. The Kier molecular flexibility index (Phi) is 16.8. The van der Waals surface area contributed by atoms with E-state index < -0.39 is 42.1 Å². The third-order valence-corrected chi connectivity index (χ3v) is 6.57. The standard InChI is InChI=1S/C29H43N5O7.C2H6/c1-7-8-9-10-13-34(5)17-23(35)22(16-26(37)38)31-28(39)27(18(2)3)32-25(36)15-21-14-20(11-12-24(21)40-6)29-30-19(4)33-41-29;1-2/h11-12,14,18,22,27H,7-10,13,15-17H2,1-6H3,(H,31,39)(H,32,36)(H,37,38);1-2H3. The Labute approximate surface area is 254 Å². The molecular weight excluding hydrogens is 554 g/mol. The Morgan fingerprint density at radius 3 is 2.35 bits per heavy atom. The number of aryl methyl sites for hydroxylation is 1. The first-order valence-corrected chi connectivity index (χ1v) is 15.0. The van der Waals surface area contributed by atoms with Crippen LogP contribution in [0, 0.1) is 12.8 Å². The molecule has 12 heteroatoms. The number of carbonyl (C=O) groups excluding carboxylic acids is 3. The van der Waals surface area contributed by atoms with E-state index in [0.717, 1.165) is 25.7 Å². The van der Waals surface area contributed by atoms with Gasteiger partial charge in [0.05, 0.1) is 32.5 Å². The van der Waals surface area contributed by atoms with Gasteiger partial charge in [-0.1, -0.05) is 59.0 Å². The summed E-state index contributed by atoms with van der Waals surface area (Å²) in [5.41, 5.74) is 1.15. The highest BCUT2D eigenvalue weighted by Crippen LogP contribution is 2.26. The maximum absolute atomic E-state index is 13.2. The maximum Gasteiger partial charge on any atom is 0.305 e. The lowest BCUT2D eigenvalue weighted by Crippen LogP contribution is -2.55. The summed E-state index contributed by atoms with van der Waals surface area (Å²) in [4.78, 5) is 56.8. The molecule has 0 saturated heterocycles. The molecule has 3 N–H and O–H groups in total. The molecule has 0 fully saturated rings. The molecule has 0 radical (unpaired) electrons. The first-order chi connectivity index (χ1) is 20.4. The van der Waals surface area contributed by atoms with Crippen LogP contribution in [0.25, 0.3) is 11.5 Å². The fraction of sp³-hybridized carbons (Fsp3) is 0.613. The highest BCUT2D eigenvalue weighted by Gasteiger charge is 2.30. The number of aromatic nitrogens is 2. The number of amides is 2. The second kappa shape index (κ2) is 19.4. The number of methoxy groups -OCH3 is 1. The summed E-state index contributed by atoms with van der Waals surface area (Å²) in [5, 5.41) is 18.5. The molecule has 0 aliphatic carbocycles. The van der Waals surface area contributed by atoms with Gasteiger partial charge in [-0.05, 0) is 51.1 Å². The lowest BCUT2D eigenvalue weighted by Gasteiger charge is -2.26. The summed E-state index contributed by atoms with van der Waals surface area (Å²) < 4.78 is 10.6. The van der Waals surface area contributed by atoms with Crippen LogP contribution in [0.3, 0.4) is 0 Å². The van der Waals surface area contributed by atoms with Crippen LogP contribution in [0.2, 0.25) is 0 Å². The molecule has 12 nitrogen and oxygen atoms in total. The number of hydrogen-bond donors (Lipinski definition) is 3. The number of carboxylic acid groups (broad SMARTS) is 1. The summed E-state index contributed by atoms with van der Waals surface area (Å²) in [6, 6.07) is 2.92. The van der Waals surface area contributed by atoms with Gasteiger partial charge in [0.15, 0.2) is 11.6 Å². The number of benzene rings is 1. The van der Waals surface area contributed by atoms with Crippen LogP contribution in [-0.2, 0) is 25.6 Å². The molecule has 240 valence electrons. The molecule has 0 saturated carbocycles. The topological polar surface area (TPSA) is 164 Å². The number of carboxylic acids is 1. The number of rotatable bonds is 18. The molecule has 0 aliphatic rings. The lowest BCUT2D eigenvalue weighted by molar-refractivity contribution is -0.141. The minimum absolute atomic E-state index is 0.0127. The summed E-state index contributed by atoms with van der Waals surface area (Å²) in [7, 11) is 3.28. The first-order valence-electron chi connectivity index (χ1n) is 15.0. The van der Waals surface area contributed by atoms with E-state index in [2.05, 4.69) is 27.7 Å². The summed E-state index contributed by atoms with van der Waals surface area (Å²) in [6.45, 7) is 12.0. The number of nitrogens with zero attached hydrogens (tertiary/aromatic N) is 3. The minimum atomic E-state index is -1.22. The zero-order valence-electron chi connectivity index (χ0n) is 26.9. The van der Waals surface area contributed by atoms with Gasteiger partial charge in [-0.3, -0.25) is 24.1 Å². The Hall–Kier alpha value is -3.80. The third kappa shape index (κ3) is 12.9. The van der Waals surface area contributed by atoms with Crippen molar-refractivity contribution < 1.29 is 33.5 Å². The van der Waals surface area contributed by atoms with E-state index in [0.29, 0.717) is 35.1 Å². The summed E-state index contributed by atoms with van der Waals surface area (Å²) in [5.74, 6) is -1.78. The van der Waals surface area contributed by atoms with Crippen LogP contribution in [0.5, 0.6) is 5.75 Å². The SMILES string of the molecule is CC.CCCCCCN(C)CC(=O)C(CC(=O)O)NC(=O)C(NC(=O)Cc1cc(-c2nc(C)no2)ccc1OC)C(C)C. The average Bonchev–Trinajstić information content (AvgIpc) is 3.40. The van der Waals surface area contributed by atoms with Gasteiger partial charge in [0.25, 0.3) is 5.89 Å². The Morgan fingerprint density at radius 1 is 1.09 bits per heavy atom. The van der Waals surface area contributed by atoms with E-state index in [1.807, 2.05) is 18.7 Å². The predicted octanol–water partition coefficient (Wildman–Crippen LogP) is 3.80. The van der Waals surface area contributed by atoms with E-state index >= 15 is 0 Å². The van der Waals surface area contributed by atoms with Crippen molar-refractivity contribution in [3.8, 4) is 17.2 Å². The van der Waals surface area contributed by atoms with Crippen molar-refractivity contribution >= 4 is 23.6 Å². The van der Waals surface area contributed by atoms with Gasteiger partial charge in [0, 0.05) is 11.1 Å². The number of hydrogen-bond acceptors (Lipinski definition) is 9. The van der Waals surface area contributed by atoms with Gasteiger partial charge in [-0.25, -0.2) is 0 Å². The van der Waals surface area contributed by atoms with E-state index in [1.54, 1.807) is 46.0 Å². The van der Waals surface area contributed by atoms with Gasteiger partial charge in [0.1, 0.15) is 11.8 Å². The number of carbonyl (C=O) groups is 4. The van der Waals surface area contributed by atoms with Crippen LogP contribution in [0.15, 0.2) is 22.7 Å². The molecule has 0 aliphatic heterocycles. The number of nitrogens with one attached hydrogen (secondary N) is 2. The van der Waals surface area contributed by atoms with Crippen molar-refractivity contribution in [3.05, 3.63) is 29.6 Å². The Morgan fingerprint density at radius 2 is 1.79 bits per heavy atom. The number of ketones is 1. The molecule has 0 spiro atoms. The quantitative estimate of drug-likeness (QED) is 0.214. The lowest BCUT2D eigenvalue weighted by atomic mass is 10.0. The van der Waals surface area contributed by atoms with Crippen LogP contribution < -0.4 is 15.4 Å². The van der Waals surface area contributed by atoms with Crippen molar-refractivity contribution in [1.82, 2.24) is 25.7 Å². The number of ether oxygens (including phenoxy) is 1. The maximum atomic E-state index is 13.2. The van der Waals surface area contributed by atoms with E-state index in [-0.39, 0.29) is 18.9 Å². The third-order valence-electron chi connectivity index (χ3n) is 6.57. The molecule has 2 rings (SSSR count). The molecule has 2 atom stereocenters. The van der Waals surface area contributed by atoms with E-state index in [4.69, 9.17) is 9.26 Å². The number of likely N-dealkylation sites (N-methyl/N-ethyl adjacent to an activating group) is 1. The van der Waals surface area contributed by atoms with Gasteiger partial charge >= 0.3 is 5.97 Å². The van der Waals surface area contributed by atoms with Crippen molar-refractivity contribution in [2.24, 2.45) is 5.92 Å². The highest BCUT2D eigenvalue weighted by molar-refractivity contribution is 5.95. The molecule has 1 aromatic carbocycles. The number of Topliss-reactive ketones (excluding diaryl/α,β-unsaturated/α-hetero) is 1. The van der Waals surface area contributed by atoms with Crippen molar-refractivity contribution in [3.63, 3.8) is 0 Å². The van der Waals surface area contributed by atoms with E-state index in [1.165, 1.54) is 7.11 Å². The smallest absolute Gasteiger partial charge is 0.305 e. The normalized spacial score (nSPS) is 12.2. The van der Waals surface area contributed by atoms with E-state index in [9.17, 15) is 24.3 Å². The molecule has 0 bridgehead atoms. The fourth-order valence-electron chi connectivity index (χ4n) is 4.34. The molecule has 2 amide bonds. The van der Waals surface area contributed by atoms with Gasteiger partial charge in [0.2, 0.25) is 11.8 Å². The van der Waals surface area contributed by atoms with Crippen LogP contribution in [0.4, 0.5) is 0 Å². The summed E-state index contributed by atoms with van der Waals surface area (Å²) in [6.07, 6.45) is 3.53. The van der Waals surface area contributed by atoms with Gasteiger partial charge in [-0.15, -0.1) is 0 Å².